The summed E-state index contributed by atoms with van der Waals surface area (Å²) in [4.78, 5) is 18.9. The Hall–Kier alpha value is -3.61. The first-order valence-corrected chi connectivity index (χ1v) is 9.05. The third-order valence-electron chi connectivity index (χ3n) is 3.76. The van der Waals surface area contributed by atoms with E-state index in [1.165, 1.54) is 6.07 Å². The van der Waals surface area contributed by atoms with Crippen LogP contribution in [-0.2, 0) is 0 Å². The predicted molar refractivity (Wildman–Crippen MR) is 110 cm³/mol. The van der Waals surface area contributed by atoms with Crippen LogP contribution in [0.25, 0.3) is 11.3 Å². The number of anilines is 1. The van der Waals surface area contributed by atoms with Gasteiger partial charge in [0.1, 0.15) is 0 Å². The van der Waals surface area contributed by atoms with E-state index in [1.807, 2.05) is 62.4 Å². The van der Waals surface area contributed by atoms with Gasteiger partial charge in [0.15, 0.2) is 11.5 Å². The molecule has 1 aromatic heterocycles. The Kier molecular flexibility index (Phi) is 6.41. The maximum absolute atomic E-state index is 11.9. The summed E-state index contributed by atoms with van der Waals surface area (Å²) in [5, 5.41) is 4.16. The van der Waals surface area contributed by atoms with Crippen molar-refractivity contribution in [2.45, 2.75) is 13.8 Å². The molecule has 0 saturated carbocycles. The van der Waals surface area contributed by atoms with Crippen LogP contribution in [0.1, 0.15) is 19.4 Å². The minimum atomic E-state index is -0.258. The molecule has 0 saturated heterocycles. The Morgan fingerprint density at radius 3 is 2.54 bits per heavy atom. The molecule has 1 heterocycles. The molecule has 0 radical (unpaired) electrons. The molecule has 0 aliphatic rings. The van der Waals surface area contributed by atoms with E-state index in [0.29, 0.717) is 30.4 Å². The van der Waals surface area contributed by atoms with Crippen molar-refractivity contribution in [2.75, 3.05) is 18.6 Å². The Labute approximate surface area is 163 Å². The van der Waals surface area contributed by atoms with E-state index < -0.39 is 0 Å². The number of H-pyrrole nitrogens is 1. The zero-order valence-electron chi connectivity index (χ0n) is 15.8. The van der Waals surface area contributed by atoms with Crippen molar-refractivity contribution >= 4 is 12.2 Å². The molecule has 3 rings (SSSR count). The molecule has 7 nitrogen and oxygen atoms in total. The lowest BCUT2D eigenvalue weighted by atomic mass is 10.1. The molecule has 0 unspecified atom stereocenters. The molecule has 0 spiro atoms. The van der Waals surface area contributed by atoms with E-state index in [4.69, 9.17) is 9.47 Å². The normalized spacial score (nSPS) is 10.8. The van der Waals surface area contributed by atoms with Gasteiger partial charge in [0, 0.05) is 11.6 Å². The molecule has 0 atom stereocenters. The van der Waals surface area contributed by atoms with Crippen molar-refractivity contribution in [1.29, 1.82) is 0 Å². The van der Waals surface area contributed by atoms with Gasteiger partial charge in [0.05, 0.1) is 25.1 Å². The van der Waals surface area contributed by atoms with E-state index in [0.717, 1.165) is 11.1 Å². The summed E-state index contributed by atoms with van der Waals surface area (Å²) in [6.45, 7) is 4.94. The van der Waals surface area contributed by atoms with Crippen molar-refractivity contribution in [3.63, 3.8) is 0 Å². The topological polar surface area (TPSA) is 88.6 Å². The molecule has 0 aliphatic carbocycles. The fourth-order valence-corrected chi connectivity index (χ4v) is 2.58. The van der Waals surface area contributed by atoms with Gasteiger partial charge in [0.2, 0.25) is 5.95 Å². The third-order valence-corrected chi connectivity index (χ3v) is 3.76. The Morgan fingerprint density at radius 1 is 1.04 bits per heavy atom. The van der Waals surface area contributed by atoms with Gasteiger partial charge >= 0.3 is 0 Å². The number of rotatable bonds is 8. The maximum atomic E-state index is 11.9. The highest BCUT2D eigenvalue weighted by molar-refractivity contribution is 5.81. The summed E-state index contributed by atoms with van der Waals surface area (Å²) in [6.07, 6.45) is 1.62. The van der Waals surface area contributed by atoms with Gasteiger partial charge in [-0.15, -0.1) is 0 Å². The van der Waals surface area contributed by atoms with Crippen LogP contribution in [0.15, 0.2) is 64.5 Å². The van der Waals surface area contributed by atoms with E-state index in [2.05, 4.69) is 20.5 Å². The highest BCUT2D eigenvalue weighted by atomic mass is 16.5. The second-order valence-corrected chi connectivity index (χ2v) is 5.79. The maximum Gasteiger partial charge on any atom is 0.252 e. The van der Waals surface area contributed by atoms with Gasteiger partial charge in [-0.3, -0.25) is 9.78 Å². The third kappa shape index (κ3) is 4.97. The Balaban J connectivity index is 1.77. The molecule has 144 valence electrons. The predicted octanol–water partition coefficient (Wildman–Crippen LogP) is 3.68. The zero-order valence-corrected chi connectivity index (χ0v) is 15.8. The van der Waals surface area contributed by atoms with Crippen LogP contribution in [0, 0.1) is 0 Å². The minimum Gasteiger partial charge on any atom is -0.490 e. The average molecular weight is 378 g/mol. The standard InChI is InChI=1S/C21H22N4O3/c1-3-27-18-11-10-15(12-19(18)28-4-2)14-22-25-21-23-17(13-20(26)24-21)16-8-6-5-7-9-16/h5-14H,3-4H2,1-2H3,(H2,23,24,25,26)/b22-14+. The first-order chi connectivity index (χ1) is 13.7. The smallest absolute Gasteiger partial charge is 0.252 e. The molecular weight excluding hydrogens is 356 g/mol. The second-order valence-electron chi connectivity index (χ2n) is 5.79. The zero-order chi connectivity index (χ0) is 19.8. The van der Waals surface area contributed by atoms with Crippen molar-refractivity contribution in [2.24, 2.45) is 5.10 Å². The SMILES string of the molecule is CCOc1ccc(/C=N/Nc2nc(-c3ccccc3)cc(=O)[nH]2)cc1OCC. The molecule has 0 fully saturated rings. The molecule has 0 amide bonds. The number of hydrogen-bond acceptors (Lipinski definition) is 6. The number of hydrogen-bond donors (Lipinski definition) is 2. The van der Waals surface area contributed by atoms with Crippen LogP contribution in [0.5, 0.6) is 11.5 Å². The lowest BCUT2D eigenvalue weighted by Gasteiger charge is -2.11. The summed E-state index contributed by atoms with van der Waals surface area (Å²) >= 11 is 0. The van der Waals surface area contributed by atoms with Crippen LogP contribution in [0.2, 0.25) is 0 Å². The summed E-state index contributed by atoms with van der Waals surface area (Å²) < 4.78 is 11.2. The van der Waals surface area contributed by atoms with Gasteiger partial charge in [0.25, 0.3) is 5.56 Å². The van der Waals surface area contributed by atoms with Crippen LogP contribution in [0.4, 0.5) is 5.95 Å². The molecule has 2 aromatic carbocycles. The molecule has 3 aromatic rings. The van der Waals surface area contributed by atoms with Crippen LogP contribution in [-0.4, -0.2) is 29.4 Å². The van der Waals surface area contributed by atoms with E-state index in [9.17, 15) is 4.79 Å². The number of aromatic nitrogens is 2. The molecule has 0 bridgehead atoms. The number of hydrazone groups is 1. The number of nitrogens with zero attached hydrogens (tertiary/aromatic N) is 2. The summed E-state index contributed by atoms with van der Waals surface area (Å²) in [5.74, 6) is 1.61. The highest BCUT2D eigenvalue weighted by Gasteiger charge is 2.06. The largest absolute Gasteiger partial charge is 0.490 e. The van der Waals surface area contributed by atoms with Crippen LogP contribution < -0.4 is 20.5 Å². The van der Waals surface area contributed by atoms with Gasteiger partial charge in [-0.2, -0.15) is 5.10 Å². The Bertz CT molecular complexity index is 1000. The van der Waals surface area contributed by atoms with E-state index in [-0.39, 0.29) is 11.5 Å². The van der Waals surface area contributed by atoms with Gasteiger partial charge < -0.3 is 9.47 Å². The van der Waals surface area contributed by atoms with E-state index in [1.54, 1.807) is 6.21 Å². The first kappa shape index (κ1) is 19.2. The lowest BCUT2D eigenvalue weighted by molar-refractivity contribution is 0.288. The lowest BCUT2D eigenvalue weighted by Crippen LogP contribution is -2.10. The average Bonchev–Trinajstić information content (AvgIpc) is 2.70. The molecule has 0 aliphatic heterocycles. The van der Waals surface area contributed by atoms with Gasteiger partial charge in [-0.05, 0) is 37.6 Å². The molecule has 28 heavy (non-hydrogen) atoms. The minimum absolute atomic E-state index is 0.258. The fraction of sp³-hybridized carbons (Fsp3) is 0.190. The van der Waals surface area contributed by atoms with Crippen molar-refractivity contribution < 1.29 is 9.47 Å². The number of nitrogens with one attached hydrogen (secondary N) is 2. The van der Waals surface area contributed by atoms with E-state index >= 15 is 0 Å². The summed E-state index contributed by atoms with van der Waals surface area (Å²) in [7, 11) is 0. The fourth-order valence-electron chi connectivity index (χ4n) is 2.58. The quantitative estimate of drug-likeness (QED) is 0.461. The number of benzene rings is 2. The molecule has 7 heteroatoms. The van der Waals surface area contributed by atoms with Crippen molar-refractivity contribution in [3.05, 3.63) is 70.5 Å². The molecule has 2 N–H and O–H groups in total. The van der Waals surface area contributed by atoms with Crippen molar-refractivity contribution in [3.8, 4) is 22.8 Å². The second kappa shape index (κ2) is 9.36. The summed E-state index contributed by atoms with van der Waals surface area (Å²) in [6, 6.07) is 16.5. The number of ether oxygens (including phenoxy) is 2. The van der Waals surface area contributed by atoms with Gasteiger partial charge in [-0.1, -0.05) is 30.3 Å². The first-order valence-electron chi connectivity index (χ1n) is 9.05. The summed E-state index contributed by atoms with van der Waals surface area (Å²) in [5.41, 5.74) is 4.75. The Morgan fingerprint density at radius 2 is 1.79 bits per heavy atom. The highest BCUT2D eigenvalue weighted by Crippen LogP contribution is 2.28. The monoisotopic (exact) mass is 378 g/mol. The molecular formula is C21H22N4O3. The van der Waals surface area contributed by atoms with Crippen LogP contribution >= 0.6 is 0 Å². The van der Waals surface area contributed by atoms with Gasteiger partial charge in [-0.25, -0.2) is 10.4 Å². The number of aromatic amines is 1. The van der Waals surface area contributed by atoms with Crippen LogP contribution in [0.3, 0.4) is 0 Å². The van der Waals surface area contributed by atoms with Crippen molar-refractivity contribution in [1.82, 2.24) is 9.97 Å².